The zero-order valence-electron chi connectivity index (χ0n) is 16.0. The topological polar surface area (TPSA) is 47.6 Å². The Hall–Kier alpha value is -2.23. The molecule has 1 heterocycles. The Kier molecular flexibility index (Phi) is 8.81. The fourth-order valence-electron chi connectivity index (χ4n) is 2.70. The van der Waals surface area contributed by atoms with Crippen molar-refractivity contribution in [2.24, 2.45) is 0 Å². The van der Waals surface area contributed by atoms with Crippen molar-refractivity contribution in [3.63, 3.8) is 0 Å². The number of rotatable bonds is 11. The molecule has 1 aromatic carbocycles. The number of hydrogen-bond acceptors (Lipinski definition) is 3. The van der Waals surface area contributed by atoms with Crippen LogP contribution in [0, 0.1) is 0 Å². The minimum atomic E-state index is 0.0213. The number of unbranched alkanes of at least 4 members (excludes halogenated alkanes) is 5. The van der Waals surface area contributed by atoms with Crippen molar-refractivity contribution in [2.45, 2.75) is 64.8 Å². The molecule has 1 N–H and O–H groups in total. The number of hydrogen-bond donors (Lipinski definition) is 1. The summed E-state index contributed by atoms with van der Waals surface area (Å²) in [5.41, 5.74) is 1.15. The fourth-order valence-corrected chi connectivity index (χ4v) is 2.70. The summed E-state index contributed by atoms with van der Waals surface area (Å²) < 4.78 is 10.7. The summed E-state index contributed by atoms with van der Waals surface area (Å²) in [4.78, 5) is 11.6. The quantitative estimate of drug-likeness (QED) is 0.435. The SMILES string of the molecule is CC[C@@H](C)NC(=O)/C=C/CCCCCC/C=C/c1ccc2c(c1)OCO2. The minimum Gasteiger partial charge on any atom is -0.454 e. The number of carbonyl (C=O) groups excluding carboxylic acids is 1. The summed E-state index contributed by atoms with van der Waals surface area (Å²) >= 11 is 0. The van der Waals surface area contributed by atoms with Gasteiger partial charge in [0.25, 0.3) is 0 Å². The van der Waals surface area contributed by atoms with E-state index in [1.54, 1.807) is 6.08 Å². The largest absolute Gasteiger partial charge is 0.454 e. The first kappa shape index (κ1) is 20.1. The molecule has 1 aliphatic rings. The lowest BCUT2D eigenvalue weighted by atomic mass is 10.1. The third-order valence-corrected chi connectivity index (χ3v) is 4.47. The van der Waals surface area contributed by atoms with Crippen molar-refractivity contribution >= 4 is 12.0 Å². The predicted octanol–water partition coefficient (Wildman–Crippen LogP) is 5.24. The van der Waals surface area contributed by atoms with E-state index in [1.807, 2.05) is 31.2 Å². The smallest absolute Gasteiger partial charge is 0.243 e. The van der Waals surface area contributed by atoms with Gasteiger partial charge in [-0.3, -0.25) is 4.79 Å². The third-order valence-electron chi connectivity index (χ3n) is 4.47. The highest BCUT2D eigenvalue weighted by Crippen LogP contribution is 2.32. The van der Waals surface area contributed by atoms with Crippen LogP contribution in [0.2, 0.25) is 0 Å². The van der Waals surface area contributed by atoms with Crippen LogP contribution in [-0.2, 0) is 4.79 Å². The molecule has 142 valence electrons. The molecule has 0 spiro atoms. The molecule has 0 unspecified atom stereocenters. The van der Waals surface area contributed by atoms with Crippen molar-refractivity contribution in [3.05, 3.63) is 42.0 Å². The van der Waals surface area contributed by atoms with Crippen LogP contribution in [0.1, 0.15) is 64.4 Å². The lowest BCUT2D eigenvalue weighted by Crippen LogP contribution is -2.30. The number of amides is 1. The van der Waals surface area contributed by atoms with Crippen LogP contribution in [0.25, 0.3) is 6.08 Å². The maximum Gasteiger partial charge on any atom is 0.243 e. The Labute approximate surface area is 157 Å². The molecular formula is C22H31NO3. The molecule has 0 aliphatic carbocycles. The van der Waals surface area contributed by atoms with Gasteiger partial charge in [-0.15, -0.1) is 0 Å². The molecule has 4 heteroatoms. The van der Waals surface area contributed by atoms with Gasteiger partial charge in [-0.05, 0) is 62.8 Å². The Morgan fingerprint density at radius 2 is 1.85 bits per heavy atom. The van der Waals surface area contributed by atoms with Crippen LogP contribution in [0.15, 0.2) is 36.4 Å². The van der Waals surface area contributed by atoms with Gasteiger partial charge < -0.3 is 14.8 Å². The second-order valence-corrected chi connectivity index (χ2v) is 6.73. The second kappa shape index (κ2) is 11.4. The average Bonchev–Trinajstić information content (AvgIpc) is 3.10. The van der Waals surface area contributed by atoms with Gasteiger partial charge >= 0.3 is 0 Å². The van der Waals surface area contributed by atoms with Gasteiger partial charge in [-0.25, -0.2) is 0 Å². The Balaban J connectivity index is 1.50. The summed E-state index contributed by atoms with van der Waals surface area (Å²) in [5.74, 6) is 1.68. The predicted molar refractivity (Wildman–Crippen MR) is 106 cm³/mol. The van der Waals surface area contributed by atoms with Crippen molar-refractivity contribution < 1.29 is 14.3 Å². The van der Waals surface area contributed by atoms with Gasteiger partial charge in [-0.1, -0.05) is 44.1 Å². The summed E-state index contributed by atoms with van der Waals surface area (Å²) in [5, 5.41) is 2.93. The first-order valence-electron chi connectivity index (χ1n) is 9.72. The number of ether oxygens (including phenoxy) is 2. The highest BCUT2D eigenvalue weighted by atomic mass is 16.7. The maximum absolute atomic E-state index is 11.6. The summed E-state index contributed by atoms with van der Waals surface area (Å²) in [6, 6.07) is 6.27. The monoisotopic (exact) mass is 357 g/mol. The van der Waals surface area contributed by atoms with Crippen LogP contribution < -0.4 is 14.8 Å². The third kappa shape index (κ3) is 7.34. The Morgan fingerprint density at radius 1 is 1.12 bits per heavy atom. The second-order valence-electron chi connectivity index (χ2n) is 6.73. The van der Waals surface area contributed by atoms with Gasteiger partial charge in [0.1, 0.15) is 0 Å². The van der Waals surface area contributed by atoms with Crippen molar-refractivity contribution in [2.75, 3.05) is 6.79 Å². The van der Waals surface area contributed by atoms with Crippen molar-refractivity contribution in [1.29, 1.82) is 0 Å². The van der Waals surface area contributed by atoms with Crippen molar-refractivity contribution in [1.82, 2.24) is 5.32 Å². The highest BCUT2D eigenvalue weighted by molar-refractivity contribution is 5.87. The molecule has 0 aromatic heterocycles. The van der Waals surface area contributed by atoms with E-state index in [-0.39, 0.29) is 11.9 Å². The summed E-state index contributed by atoms with van der Waals surface area (Å²) in [6.07, 6.45) is 15.8. The molecule has 4 nitrogen and oxygen atoms in total. The van der Waals surface area contributed by atoms with E-state index in [4.69, 9.17) is 9.47 Å². The van der Waals surface area contributed by atoms with Gasteiger partial charge in [-0.2, -0.15) is 0 Å². The lowest BCUT2D eigenvalue weighted by molar-refractivity contribution is -0.117. The van der Waals surface area contributed by atoms with Crippen molar-refractivity contribution in [3.8, 4) is 11.5 Å². The Bertz CT molecular complexity index is 622. The van der Waals surface area contributed by atoms with E-state index >= 15 is 0 Å². The van der Waals surface area contributed by atoms with E-state index in [2.05, 4.69) is 24.4 Å². The molecule has 26 heavy (non-hydrogen) atoms. The van der Waals surface area contributed by atoms with Gasteiger partial charge in [0.15, 0.2) is 11.5 Å². The summed E-state index contributed by atoms with van der Waals surface area (Å²) in [7, 11) is 0. The van der Waals surface area contributed by atoms with Gasteiger partial charge in [0.2, 0.25) is 12.7 Å². The van der Waals surface area contributed by atoms with E-state index < -0.39 is 0 Å². The van der Waals surface area contributed by atoms with E-state index in [0.717, 1.165) is 42.7 Å². The van der Waals surface area contributed by atoms with Crippen LogP contribution >= 0.6 is 0 Å². The number of benzene rings is 1. The highest BCUT2D eigenvalue weighted by Gasteiger charge is 2.11. The van der Waals surface area contributed by atoms with Crippen LogP contribution in [0.5, 0.6) is 11.5 Å². The molecule has 1 atom stereocenters. The number of allylic oxidation sites excluding steroid dienone is 2. The number of fused-ring (bicyclic) bond motifs is 1. The van der Waals surface area contributed by atoms with E-state index in [0.29, 0.717) is 6.79 Å². The number of carbonyl (C=O) groups is 1. The fraction of sp³-hybridized carbons (Fsp3) is 0.500. The number of nitrogens with one attached hydrogen (secondary N) is 1. The molecule has 0 saturated heterocycles. The molecular weight excluding hydrogens is 326 g/mol. The molecule has 0 fully saturated rings. The maximum atomic E-state index is 11.6. The normalized spacial score (nSPS) is 14.2. The van der Waals surface area contributed by atoms with Crippen LogP contribution in [0.3, 0.4) is 0 Å². The standard InChI is InChI=1S/C22H31NO3/c1-3-18(2)23-22(24)13-11-9-7-5-4-6-8-10-12-19-14-15-20-21(16-19)26-17-25-20/h10-16,18H,3-9,17H2,1-2H3,(H,23,24)/b12-10+,13-11+/t18-/m1/s1. The molecule has 1 aliphatic heterocycles. The van der Waals surface area contributed by atoms with Crippen LogP contribution in [-0.4, -0.2) is 18.7 Å². The molecule has 1 amide bonds. The molecule has 0 radical (unpaired) electrons. The van der Waals surface area contributed by atoms with Gasteiger partial charge in [0, 0.05) is 6.04 Å². The Morgan fingerprint density at radius 3 is 2.62 bits per heavy atom. The van der Waals surface area contributed by atoms with E-state index in [1.165, 1.54) is 19.3 Å². The minimum absolute atomic E-state index is 0.0213. The van der Waals surface area contributed by atoms with Gasteiger partial charge in [0.05, 0.1) is 0 Å². The molecule has 1 aromatic rings. The average molecular weight is 357 g/mol. The summed E-state index contributed by atoms with van der Waals surface area (Å²) in [6.45, 7) is 4.41. The molecule has 2 rings (SSSR count). The van der Waals surface area contributed by atoms with E-state index in [9.17, 15) is 4.79 Å². The lowest BCUT2D eigenvalue weighted by Gasteiger charge is -2.08. The zero-order chi connectivity index (χ0) is 18.6. The molecule has 0 saturated carbocycles. The first-order chi connectivity index (χ1) is 12.7. The zero-order valence-corrected chi connectivity index (χ0v) is 16.0. The van der Waals surface area contributed by atoms with Crippen LogP contribution in [0.4, 0.5) is 0 Å². The first-order valence-corrected chi connectivity index (χ1v) is 9.72. The molecule has 0 bridgehead atoms.